The van der Waals surface area contributed by atoms with Gasteiger partial charge in [0, 0.05) is 5.56 Å². The predicted molar refractivity (Wildman–Crippen MR) is 97.8 cm³/mol. The van der Waals surface area contributed by atoms with Crippen molar-refractivity contribution in [2.24, 2.45) is 5.73 Å². The fourth-order valence-corrected chi connectivity index (χ4v) is 2.37. The summed E-state index contributed by atoms with van der Waals surface area (Å²) in [5.41, 5.74) is 5.81. The van der Waals surface area contributed by atoms with Gasteiger partial charge in [-0.2, -0.15) is 0 Å². The first kappa shape index (κ1) is 20.4. The second-order valence-corrected chi connectivity index (χ2v) is 5.85. The highest BCUT2D eigenvalue weighted by Gasteiger charge is 2.18. The summed E-state index contributed by atoms with van der Waals surface area (Å²) in [6.45, 7) is 3.48. The molecule has 0 spiro atoms. The minimum atomic E-state index is -0.708. The van der Waals surface area contributed by atoms with E-state index < -0.39 is 17.9 Å². The second kappa shape index (κ2) is 11.8. The van der Waals surface area contributed by atoms with Gasteiger partial charge in [0.05, 0.1) is 6.54 Å². The molecule has 1 atom stereocenters. The molecule has 6 nitrogen and oxygen atoms in total. The van der Waals surface area contributed by atoms with Crippen LogP contribution in [0.25, 0.3) is 0 Å². The van der Waals surface area contributed by atoms with Crippen molar-refractivity contribution in [3.8, 4) is 0 Å². The van der Waals surface area contributed by atoms with Gasteiger partial charge >= 0.3 is 0 Å². The first-order valence-corrected chi connectivity index (χ1v) is 8.57. The number of carbonyl (C=O) groups excluding carboxylic acids is 3. The van der Waals surface area contributed by atoms with E-state index in [9.17, 15) is 14.4 Å². The van der Waals surface area contributed by atoms with Crippen LogP contribution in [0.2, 0.25) is 0 Å². The topological polar surface area (TPSA) is 101 Å². The highest BCUT2D eigenvalue weighted by atomic mass is 16.2. The van der Waals surface area contributed by atoms with Gasteiger partial charge in [0.15, 0.2) is 0 Å². The SMILES string of the molecule is C=CCCCCCC[C@H](NC(=O)CNC(=O)c1ccccc1)C(N)=O. The van der Waals surface area contributed by atoms with E-state index in [1.54, 1.807) is 30.3 Å². The quantitative estimate of drug-likeness (QED) is 0.398. The molecule has 0 aromatic heterocycles. The van der Waals surface area contributed by atoms with E-state index in [0.717, 1.165) is 32.1 Å². The molecule has 0 bridgehead atoms. The van der Waals surface area contributed by atoms with Crippen molar-refractivity contribution in [3.63, 3.8) is 0 Å². The third-order valence-electron chi connectivity index (χ3n) is 3.78. The predicted octanol–water partition coefficient (Wildman–Crippen LogP) is 1.91. The zero-order valence-electron chi connectivity index (χ0n) is 14.5. The van der Waals surface area contributed by atoms with Crippen LogP contribution in [-0.2, 0) is 9.59 Å². The zero-order valence-corrected chi connectivity index (χ0v) is 14.5. The summed E-state index contributed by atoms with van der Waals surface area (Å²) in [6.07, 6.45) is 7.27. The van der Waals surface area contributed by atoms with Gasteiger partial charge in [-0.05, 0) is 31.4 Å². The van der Waals surface area contributed by atoms with Crippen LogP contribution in [0.15, 0.2) is 43.0 Å². The van der Waals surface area contributed by atoms with Crippen LogP contribution in [-0.4, -0.2) is 30.3 Å². The molecule has 0 aliphatic heterocycles. The number of nitrogens with two attached hydrogens (primary N) is 1. The molecule has 0 aliphatic rings. The summed E-state index contributed by atoms with van der Waals surface area (Å²) in [4.78, 5) is 35.3. The van der Waals surface area contributed by atoms with Gasteiger partial charge in [0.1, 0.15) is 6.04 Å². The van der Waals surface area contributed by atoms with Crippen molar-refractivity contribution in [2.75, 3.05) is 6.54 Å². The van der Waals surface area contributed by atoms with E-state index in [2.05, 4.69) is 17.2 Å². The number of unbranched alkanes of at least 4 members (excludes halogenated alkanes) is 4. The Morgan fingerprint density at radius 1 is 1.08 bits per heavy atom. The second-order valence-electron chi connectivity index (χ2n) is 5.85. The van der Waals surface area contributed by atoms with Gasteiger partial charge in [-0.1, -0.05) is 43.5 Å². The Kier molecular flexibility index (Phi) is 9.67. The molecule has 0 heterocycles. The van der Waals surface area contributed by atoms with Crippen molar-refractivity contribution in [3.05, 3.63) is 48.6 Å². The molecular formula is C19H27N3O3. The van der Waals surface area contributed by atoms with Gasteiger partial charge in [0.2, 0.25) is 11.8 Å². The molecule has 1 rings (SSSR count). The molecule has 0 aliphatic carbocycles. The van der Waals surface area contributed by atoms with E-state index in [-0.39, 0.29) is 12.5 Å². The molecular weight excluding hydrogens is 318 g/mol. The Hall–Kier alpha value is -2.63. The highest BCUT2D eigenvalue weighted by molar-refractivity contribution is 5.97. The molecule has 4 N–H and O–H groups in total. The Morgan fingerprint density at radius 2 is 1.76 bits per heavy atom. The average Bonchev–Trinajstić information content (AvgIpc) is 2.62. The average molecular weight is 345 g/mol. The fourth-order valence-electron chi connectivity index (χ4n) is 2.37. The highest BCUT2D eigenvalue weighted by Crippen LogP contribution is 2.07. The van der Waals surface area contributed by atoms with Gasteiger partial charge in [-0.3, -0.25) is 14.4 Å². The molecule has 136 valence electrons. The number of nitrogens with one attached hydrogen (secondary N) is 2. The number of hydrogen-bond donors (Lipinski definition) is 3. The summed E-state index contributed by atoms with van der Waals surface area (Å²) in [6, 6.07) is 7.90. The minimum absolute atomic E-state index is 0.198. The van der Waals surface area contributed by atoms with Crippen molar-refractivity contribution >= 4 is 17.7 Å². The number of hydrogen-bond acceptors (Lipinski definition) is 3. The lowest BCUT2D eigenvalue weighted by molar-refractivity contribution is -0.126. The third-order valence-corrected chi connectivity index (χ3v) is 3.78. The maximum atomic E-state index is 11.9. The molecule has 6 heteroatoms. The van der Waals surface area contributed by atoms with Crippen LogP contribution < -0.4 is 16.4 Å². The summed E-state index contributed by atoms with van der Waals surface area (Å²) in [7, 11) is 0. The molecule has 0 saturated carbocycles. The molecule has 0 radical (unpaired) electrons. The van der Waals surface area contributed by atoms with E-state index in [1.165, 1.54) is 0 Å². The van der Waals surface area contributed by atoms with Gasteiger partial charge in [-0.15, -0.1) is 6.58 Å². The van der Waals surface area contributed by atoms with E-state index in [1.807, 2.05) is 6.08 Å². The van der Waals surface area contributed by atoms with Crippen LogP contribution in [0.5, 0.6) is 0 Å². The number of primary amides is 1. The molecule has 0 saturated heterocycles. The molecule has 0 fully saturated rings. The number of allylic oxidation sites excluding steroid dienone is 1. The smallest absolute Gasteiger partial charge is 0.251 e. The van der Waals surface area contributed by atoms with Gasteiger partial charge in [0.25, 0.3) is 5.91 Å². The van der Waals surface area contributed by atoms with E-state index >= 15 is 0 Å². The minimum Gasteiger partial charge on any atom is -0.368 e. The Labute approximate surface area is 148 Å². The van der Waals surface area contributed by atoms with Crippen LogP contribution >= 0.6 is 0 Å². The van der Waals surface area contributed by atoms with Crippen LogP contribution in [0.3, 0.4) is 0 Å². The van der Waals surface area contributed by atoms with Gasteiger partial charge in [-0.25, -0.2) is 0 Å². The lowest BCUT2D eigenvalue weighted by Gasteiger charge is -2.15. The Bertz CT molecular complexity index is 573. The lowest BCUT2D eigenvalue weighted by atomic mass is 10.1. The molecule has 0 unspecified atom stereocenters. The maximum Gasteiger partial charge on any atom is 0.251 e. The standard InChI is InChI=1S/C19H27N3O3/c1-2-3-4-5-6-10-13-16(18(20)24)22-17(23)14-21-19(25)15-11-8-7-9-12-15/h2,7-9,11-12,16H,1,3-6,10,13-14H2,(H2,20,24)(H,21,25)(H,22,23)/t16-/m0/s1. The van der Waals surface area contributed by atoms with Crippen LogP contribution in [0.4, 0.5) is 0 Å². The molecule has 25 heavy (non-hydrogen) atoms. The molecule has 3 amide bonds. The zero-order chi connectivity index (χ0) is 18.5. The monoisotopic (exact) mass is 345 g/mol. The number of benzene rings is 1. The first-order valence-electron chi connectivity index (χ1n) is 8.57. The maximum absolute atomic E-state index is 11.9. The normalized spacial score (nSPS) is 11.4. The fraction of sp³-hybridized carbons (Fsp3) is 0.421. The van der Waals surface area contributed by atoms with Gasteiger partial charge < -0.3 is 16.4 Å². The van der Waals surface area contributed by atoms with Crippen molar-refractivity contribution in [1.29, 1.82) is 0 Å². The summed E-state index contributed by atoms with van der Waals surface area (Å²) in [5.74, 6) is -1.33. The number of amides is 3. The van der Waals surface area contributed by atoms with Crippen LogP contribution in [0, 0.1) is 0 Å². The van der Waals surface area contributed by atoms with Crippen molar-refractivity contribution < 1.29 is 14.4 Å². The van der Waals surface area contributed by atoms with Crippen molar-refractivity contribution in [2.45, 2.75) is 44.6 Å². The molecule has 1 aromatic rings. The summed E-state index contributed by atoms with van der Waals surface area (Å²) >= 11 is 0. The summed E-state index contributed by atoms with van der Waals surface area (Å²) in [5, 5.41) is 5.10. The lowest BCUT2D eigenvalue weighted by Crippen LogP contribution is -2.47. The van der Waals surface area contributed by atoms with Crippen LogP contribution in [0.1, 0.15) is 48.9 Å². The summed E-state index contributed by atoms with van der Waals surface area (Å²) < 4.78 is 0. The number of carbonyl (C=O) groups is 3. The van der Waals surface area contributed by atoms with E-state index in [4.69, 9.17) is 5.73 Å². The number of rotatable bonds is 12. The first-order chi connectivity index (χ1) is 12.0. The Morgan fingerprint density at radius 3 is 2.40 bits per heavy atom. The van der Waals surface area contributed by atoms with E-state index in [0.29, 0.717) is 12.0 Å². The third kappa shape index (κ3) is 8.69. The molecule has 1 aromatic carbocycles. The Balaban J connectivity index is 2.31. The van der Waals surface area contributed by atoms with Crippen molar-refractivity contribution in [1.82, 2.24) is 10.6 Å². The largest absolute Gasteiger partial charge is 0.368 e.